The van der Waals surface area contributed by atoms with E-state index in [1.165, 1.54) is 12.1 Å². The summed E-state index contributed by atoms with van der Waals surface area (Å²) in [5, 5.41) is 9.24. The fourth-order valence-electron chi connectivity index (χ4n) is 2.63. The van der Waals surface area contributed by atoms with Gasteiger partial charge >= 0.3 is 18.7 Å². The van der Waals surface area contributed by atoms with Gasteiger partial charge in [0.1, 0.15) is 17.4 Å². The van der Waals surface area contributed by atoms with Crippen molar-refractivity contribution in [2.45, 2.75) is 25.3 Å². The van der Waals surface area contributed by atoms with Crippen molar-refractivity contribution in [3.05, 3.63) is 71.2 Å². The molecule has 36 heavy (non-hydrogen) atoms. The summed E-state index contributed by atoms with van der Waals surface area (Å²) in [6, 6.07) is 6.45. The Balaban J connectivity index is 1.82. The van der Waals surface area contributed by atoms with Gasteiger partial charge in [0, 0.05) is 11.8 Å². The lowest BCUT2D eigenvalue weighted by molar-refractivity contribution is -0.274. The number of ether oxygens (including phenoxy) is 1. The van der Waals surface area contributed by atoms with Crippen molar-refractivity contribution in [2.75, 3.05) is 5.32 Å². The zero-order chi connectivity index (χ0) is 26.7. The molecule has 1 aromatic heterocycles. The number of alkyl halides is 9. The molecule has 192 valence electrons. The summed E-state index contributed by atoms with van der Waals surface area (Å²) in [4.78, 5) is 6.82. The number of nitrogens with one attached hydrogen (secondary N) is 1. The van der Waals surface area contributed by atoms with Crippen molar-refractivity contribution in [1.82, 2.24) is 9.97 Å². The molecule has 0 amide bonds. The van der Waals surface area contributed by atoms with Gasteiger partial charge in [0.25, 0.3) is 5.95 Å². The number of hydrogen-bond donors (Lipinski definition) is 1. The van der Waals surface area contributed by atoms with Crippen LogP contribution in [0.1, 0.15) is 16.8 Å². The lowest BCUT2D eigenvalue weighted by Gasteiger charge is -2.13. The lowest BCUT2D eigenvalue weighted by atomic mass is 10.2. The zero-order valence-electron chi connectivity index (χ0n) is 17.3. The Morgan fingerprint density at radius 2 is 1.47 bits per heavy atom. The van der Waals surface area contributed by atoms with E-state index in [0.29, 0.717) is 23.8 Å². The van der Waals surface area contributed by atoms with E-state index in [-0.39, 0.29) is 6.54 Å². The average Bonchev–Trinajstić information content (AvgIpc) is 2.74. The first kappa shape index (κ1) is 26.6. The first-order chi connectivity index (χ1) is 16.6. The van der Waals surface area contributed by atoms with Crippen LogP contribution in [0.2, 0.25) is 0 Å². The third-order valence-electron chi connectivity index (χ3n) is 4.12. The molecule has 0 aliphatic carbocycles. The summed E-state index contributed by atoms with van der Waals surface area (Å²) in [6.07, 6.45) is -14.9. The summed E-state index contributed by atoms with van der Waals surface area (Å²) in [5.41, 5.74) is -3.26. The molecule has 6 nitrogen and oxygen atoms in total. The maximum Gasteiger partial charge on any atom is 0.573 e. The smallest absolute Gasteiger partial charge is 0.406 e. The van der Waals surface area contributed by atoms with E-state index in [1.807, 2.05) is 0 Å². The van der Waals surface area contributed by atoms with Gasteiger partial charge in [-0.1, -0.05) is 12.1 Å². The number of anilines is 2. The zero-order valence-corrected chi connectivity index (χ0v) is 17.3. The van der Waals surface area contributed by atoms with E-state index in [4.69, 9.17) is 0 Å². The monoisotopic (exact) mass is 527 g/mol. The maximum atomic E-state index is 13.5. The molecule has 0 fully saturated rings. The lowest BCUT2D eigenvalue weighted by Crippen LogP contribution is -2.16. The summed E-state index contributed by atoms with van der Waals surface area (Å²) in [7, 11) is 0. The minimum Gasteiger partial charge on any atom is -0.406 e. The predicted molar refractivity (Wildman–Crippen MR) is 103 cm³/mol. The number of benzene rings is 2. The van der Waals surface area contributed by atoms with Crippen molar-refractivity contribution >= 4 is 17.5 Å². The van der Waals surface area contributed by atoms with E-state index < -0.39 is 59.0 Å². The first-order valence-corrected chi connectivity index (χ1v) is 9.42. The van der Waals surface area contributed by atoms with Gasteiger partial charge in [0.05, 0.1) is 12.1 Å². The van der Waals surface area contributed by atoms with E-state index in [2.05, 4.69) is 30.3 Å². The Morgan fingerprint density at radius 1 is 0.806 bits per heavy atom. The molecule has 0 spiro atoms. The average molecular weight is 527 g/mol. The summed E-state index contributed by atoms with van der Waals surface area (Å²) >= 11 is 0. The minimum absolute atomic E-state index is 0.290. The fourth-order valence-corrected chi connectivity index (χ4v) is 2.63. The SMILES string of the molecule is Fc1ccc(Nc2cc(C(F)(F)F)nc(N=NCc3ccc(OC(F)(F)F)cc3)n2)cc1C(F)(F)F. The number of halogens is 10. The van der Waals surface area contributed by atoms with Gasteiger partial charge in [-0.25, -0.2) is 9.37 Å². The van der Waals surface area contributed by atoms with Gasteiger partial charge in [-0.05, 0) is 35.9 Å². The Bertz CT molecular complexity index is 1240. The summed E-state index contributed by atoms with van der Waals surface area (Å²) in [6.45, 7) is -0.290. The minimum atomic E-state index is -5.05. The topological polar surface area (TPSA) is 71.8 Å². The molecule has 2 aromatic carbocycles. The first-order valence-electron chi connectivity index (χ1n) is 9.42. The van der Waals surface area contributed by atoms with E-state index in [9.17, 15) is 43.9 Å². The molecular formula is C20H11F10N5O. The van der Waals surface area contributed by atoms with Gasteiger partial charge in [-0.15, -0.1) is 18.3 Å². The summed E-state index contributed by atoms with van der Waals surface area (Å²) in [5.74, 6) is -3.52. The third kappa shape index (κ3) is 7.51. The van der Waals surface area contributed by atoms with Crippen LogP contribution >= 0.6 is 0 Å². The van der Waals surface area contributed by atoms with Gasteiger partial charge < -0.3 is 10.1 Å². The van der Waals surface area contributed by atoms with Crippen LogP contribution in [-0.2, 0) is 18.9 Å². The molecular weight excluding hydrogens is 516 g/mol. The molecule has 0 aliphatic heterocycles. The van der Waals surface area contributed by atoms with Crippen LogP contribution in [0.25, 0.3) is 0 Å². The fraction of sp³-hybridized carbons (Fsp3) is 0.200. The van der Waals surface area contributed by atoms with Gasteiger partial charge in [0.2, 0.25) is 0 Å². The molecule has 0 atom stereocenters. The molecule has 0 radical (unpaired) electrons. The standard InChI is InChI=1S/C20H11F10N5O/c21-14-6-3-11(7-13(14)18(22,23)24)32-16-8-15(19(25,26)27)33-17(34-16)35-31-9-10-1-4-12(5-2-10)36-20(28,29)30/h1-8H,9H2,(H,32,33,34). The quantitative estimate of drug-likeness (QED) is 0.265. The van der Waals surface area contributed by atoms with Crippen LogP contribution < -0.4 is 10.1 Å². The van der Waals surface area contributed by atoms with Crippen LogP contribution in [0.4, 0.5) is 61.4 Å². The molecule has 0 saturated heterocycles. The second kappa shape index (κ2) is 9.94. The van der Waals surface area contributed by atoms with Gasteiger partial charge in [0.15, 0.2) is 5.69 Å². The van der Waals surface area contributed by atoms with E-state index in [1.54, 1.807) is 0 Å². The highest BCUT2D eigenvalue weighted by molar-refractivity contribution is 5.58. The van der Waals surface area contributed by atoms with E-state index >= 15 is 0 Å². The molecule has 0 bridgehead atoms. The van der Waals surface area contributed by atoms with Crippen molar-refractivity contribution in [3.8, 4) is 5.75 Å². The normalized spacial score (nSPS) is 12.7. The number of aromatic nitrogens is 2. The third-order valence-corrected chi connectivity index (χ3v) is 4.12. The number of rotatable bonds is 6. The number of azo groups is 1. The second-order valence-electron chi connectivity index (χ2n) is 6.84. The van der Waals surface area contributed by atoms with Gasteiger partial charge in [-0.3, -0.25) is 0 Å². The van der Waals surface area contributed by atoms with Crippen molar-refractivity contribution < 1.29 is 48.6 Å². The number of nitrogens with zero attached hydrogens (tertiary/aromatic N) is 4. The second-order valence-corrected chi connectivity index (χ2v) is 6.84. The molecule has 1 N–H and O–H groups in total. The summed E-state index contributed by atoms with van der Waals surface area (Å²) < 4.78 is 132. The van der Waals surface area contributed by atoms with Crippen LogP contribution in [0.5, 0.6) is 5.75 Å². The molecule has 1 heterocycles. The largest absolute Gasteiger partial charge is 0.573 e. The highest BCUT2D eigenvalue weighted by Gasteiger charge is 2.35. The highest BCUT2D eigenvalue weighted by Crippen LogP contribution is 2.35. The Labute approximate surface area is 194 Å². The van der Waals surface area contributed by atoms with Crippen LogP contribution in [-0.4, -0.2) is 16.3 Å². The molecule has 0 unspecified atom stereocenters. The van der Waals surface area contributed by atoms with Crippen LogP contribution in [0.3, 0.4) is 0 Å². The molecule has 3 aromatic rings. The maximum absolute atomic E-state index is 13.5. The van der Waals surface area contributed by atoms with Gasteiger partial charge in [-0.2, -0.15) is 36.4 Å². The van der Waals surface area contributed by atoms with Crippen molar-refractivity contribution in [3.63, 3.8) is 0 Å². The van der Waals surface area contributed by atoms with Crippen LogP contribution in [0, 0.1) is 5.82 Å². The van der Waals surface area contributed by atoms with Crippen molar-refractivity contribution in [2.24, 2.45) is 10.2 Å². The Kier molecular flexibility index (Phi) is 7.35. The van der Waals surface area contributed by atoms with Crippen molar-refractivity contribution in [1.29, 1.82) is 0 Å². The Hall–Kier alpha value is -3.98. The molecule has 0 saturated carbocycles. The molecule has 0 aliphatic rings. The molecule has 3 rings (SSSR count). The molecule has 16 heteroatoms. The van der Waals surface area contributed by atoms with E-state index in [0.717, 1.165) is 18.2 Å². The predicted octanol–water partition coefficient (Wildman–Crippen LogP) is 7.58. The highest BCUT2D eigenvalue weighted by atomic mass is 19.4. The van der Waals surface area contributed by atoms with Crippen LogP contribution in [0.15, 0.2) is 58.8 Å². The Morgan fingerprint density at radius 3 is 2.06 bits per heavy atom. The number of hydrogen-bond acceptors (Lipinski definition) is 6.